The fraction of sp³-hybridized carbons (Fsp3) is 0.294. The van der Waals surface area contributed by atoms with E-state index in [1.54, 1.807) is 7.11 Å². The molecule has 0 aliphatic rings. The van der Waals surface area contributed by atoms with Crippen molar-refractivity contribution < 1.29 is 4.74 Å². The number of ether oxygens (including phenoxy) is 1. The zero-order valence-electron chi connectivity index (χ0n) is 12.2. The summed E-state index contributed by atoms with van der Waals surface area (Å²) in [4.78, 5) is 0. The van der Waals surface area contributed by atoms with Crippen LogP contribution in [0.2, 0.25) is 5.02 Å². The number of benzene rings is 2. The molecule has 4 heteroatoms. The van der Waals surface area contributed by atoms with Crippen molar-refractivity contribution >= 4 is 33.2 Å². The third kappa shape index (κ3) is 4.73. The molecule has 0 amide bonds. The van der Waals surface area contributed by atoms with Gasteiger partial charge in [0.1, 0.15) is 0 Å². The Balaban J connectivity index is 2.07. The average molecular weight is 369 g/mol. The predicted molar refractivity (Wildman–Crippen MR) is 93.1 cm³/mol. The van der Waals surface area contributed by atoms with E-state index in [1.165, 1.54) is 5.56 Å². The van der Waals surface area contributed by atoms with E-state index in [9.17, 15) is 0 Å². The van der Waals surface area contributed by atoms with E-state index in [1.807, 2.05) is 24.3 Å². The molecule has 0 fully saturated rings. The summed E-state index contributed by atoms with van der Waals surface area (Å²) in [5.74, 6) is 0. The van der Waals surface area contributed by atoms with E-state index in [0.717, 1.165) is 27.2 Å². The number of rotatable bonds is 6. The van der Waals surface area contributed by atoms with Gasteiger partial charge in [0.25, 0.3) is 0 Å². The number of methoxy groups -OCH3 is 1. The van der Waals surface area contributed by atoms with Gasteiger partial charge in [-0.3, -0.25) is 0 Å². The summed E-state index contributed by atoms with van der Waals surface area (Å²) < 4.78 is 6.34. The number of nitrogens with one attached hydrogen (secondary N) is 1. The van der Waals surface area contributed by atoms with Crippen LogP contribution in [0.4, 0.5) is 5.69 Å². The fourth-order valence-electron chi connectivity index (χ4n) is 2.28. The maximum Gasteiger partial charge on any atom is 0.0744 e. The molecule has 1 atom stereocenters. The molecule has 112 valence electrons. The maximum absolute atomic E-state index is 5.92. The molecular formula is C17H19BrClNO. The van der Waals surface area contributed by atoms with E-state index >= 15 is 0 Å². The molecule has 1 N–H and O–H groups in total. The minimum Gasteiger partial charge on any atom is -0.382 e. The van der Waals surface area contributed by atoms with Crippen molar-refractivity contribution in [3.8, 4) is 0 Å². The summed E-state index contributed by atoms with van der Waals surface area (Å²) >= 11 is 9.49. The molecule has 0 bridgehead atoms. The molecule has 0 saturated heterocycles. The quantitative estimate of drug-likeness (QED) is 0.748. The van der Waals surface area contributed by atoms with Gasteiger partial charge in [-0.15, -0.1) is 0 Å². The number of hydrogen-bond acceptors (Lipinski definition) is 2. The van der Waals surface area contributed by atoms with Crippen LogP contribution in [0.3, 0.4) is 0 Å². The highest BCUT2D eigenvalue weighted by molar-refractivity contribution is 9.10. The molecule has 0 aliphatic carbocycles. The summed E-state index contributed by atoms with van der Waals surface area (Å²) in [7, 11) is 1.71. The molecule has 2 nitrogen and oxygen atoms in total. The zero-order valence-corrected chi connectivity index (χ0v) is 14.5. The normalized spacial score (nSPS) is 12.2. The molecule has 2 aromatic rings. The summed E-state index contributed by atoms with van der Waals surface area (Å²) in [6, 6.07) is 14.4. The van der Waals surface area contributed by atoms with Crippen molar-refractivity contribution in [3.05, 3.63) is 63.1 Å². The highest BCUT2D eigenvalue weighted by Gasteiger charge is 2.10. The Hall–Kier alpha value is -1.03. The lowest BCUT2D eigenvalue weighted by atomic mass is 10.1. The van der Waals surface area contributed by atoms with Gasteiger partial charge >= 0.3 is 0 Å². The lowest BCUT2D eigenvalue weighted by Crippen LogP contribution is -2.19. The first-order valence-electron chi connectivity index (χ1n) is 6.87. The summed E-state index contributed by atoms with van der Waals surface area (Å²) in [5, 5.41) is 4.33. The maximum atomic E-state index is 5.92. The van der Waals surface area contributed by atoms with Gasteiger partial charge in [0.05, 0.1) is 6.61 Å². The SMILES string of the molecule is COCc1c(Br)cccc1NC(C)Cc1ccc(Cl)cc1. The van der Waals surface area contributed by atoms with Gasteiger partial charge < -0.3 is 10.1 Å². The van der Waals surface area contributed by atoms with Gasteiger partial charge in [-0.25, -0.2) is 0 Å². The van der Waals surface area contributed by atoms with E-state index in [-0.39, 0.29) is 0 Å². The van der Waals surface area contributed by atoms with Gasteiger partial charge in [-0.2, -0.15) is 0 Å². The van der Waals surface area contributed by atoms with Crippen LogP contribution >= 0.6 is 27.5 Å². The molecule has 0 radical (unpaired) electrons. The number of anilines is 1. The molecule has 1 unspecified atom stereocenters. The van der Waals surface area contributed by atoms with Crippen LogP contribution in [0.5, 0.6) is 0 Å². The topological polar surface area (TPSA) is 21.3 Å². The van der Waals surface area contributed by atoms with E-state index < -0.39 is 0 Å². The number of halogens is 2. The largest absolute Gasteiger partial charge is 0.382 e. The Morgan fingerprint density at radius 2 is 1.90 bits per heavy atom. The van der Waals surface area contributed by atoms with Crippen LogP contribution in [-0.2, 0) is 17.8 Å². The smallest absolute Gasteiger partial charge is 0.0744 e. The third-order valence-electron chi connectivity index (χ3n) is 3.26. The minimum absolute atomic E-state index is 0.316. The first-order valence-corrected chi connectivity index (χ1v) is 8.04. The minimum atomic E-state index is 0.316. The van der Waals surface area contributed by atoms with Crippen molar-refractivity contribution in [1.29, 1.82) is 0 Å². The molecule has 0 saturated carbocycles. The van der Waals surface area contributed by atoms with Gasteiger partial charge in [0.15, 0.2) is 0 Å². The Morgan fingerprint density at radius 3 is 2.57 bits per heavy atom. The summed E-state index contributed by atoms with van der Waals surface area (Å²) in [6.45, 7) is 2.75. The van der Waals surface area contributed by atoms with Crippen LogP contribution in [0.1, 0.15) is 18.1 Å². The first-order chi connectivity index (χ1) is 10.1. The average Bonchev–Trinajstić information content (AvgIpc) is 2.45. The van der Waals surface area contributed by atoms with Crippen molar-refractivity contribution in [1.82, 2.24) is 0 Å². The lowest BCUT2D eigenvalue weighted by molar-refractivity contribution is 0.185. The molecule has 0 aromatic heterocycles. The van der Waals surface area contributed by atoms with Gasteiger partial charge in [0, 0.05) is 33.9 Å². The monoisotopic (exact) mass is 367 g/mol. The van der Waals surface area contributed by atoms with Crippen LogP contribution in [0.15, 0.2) is 46.9 Å². The first kappa shape index (κ1) is 16.3. The van der Waals surface area contributed by atoms with Gasteiger partial charge in [-0.05, 0) is 43.2 Å². The van der Waals surface area contributed by atoms with Crippen molar-refractivity contribution in [2.45, 2.75) is 26.0 Å². The Kier molecular flexibility index (Phi) is 6.09. The lowest BCUT2D eigenvalue weighted by Gasteiger charge is -2.19. The van der Waals surface area contributed by atoms with Crippen LogP contribution in [0.25, 0.3) is 0 Å². The van der Waals surface area contributed by atoms with Crippen molar-refractivity contribution in [2.24, 2.45) is 0 Å². The molecular weight excluding hydrogens is 350 g/mol. The molecule has 2 aromatic carbocycles. The second-order valence-corrected chi connectivity index (χ2v) is 6.37. The van der Waals surface area contributed by atoms with Crippen LogP contribution in [-0.4, -0.2) is 13.2 Å². The van der Waals surface area contributed by atoms with Gasteiger partial charge in [0.2, 0.25) is 0 Å². The van der Waals surface area contributed by atoms with Crippen LogP contribution < -0.4 is 5.32 Å². The molecule has 21 heavy (non-hydrogen) atoms. The van der Waals surface area contributed by atoms with E-state index in [4.69, 9.17) is 16.3 Å². The molecule has 2 rings (SSSR count). The molecule has 0 aliphatic heterocycles. The number of hydrogen-bond donors (Lipinski definition) is 1. The predicted octanol–water partition coefficient (Wildman–Crippen LogP) is 5.29. The molecule has 0 spiro atoms. The standard InChI is InChI=1S/C17H19BrClNO/c1-12(10-13-6-8-14(19)9-7-13)20-17-5-3-4-16(18)15(17)11-21-2/h3-9,12,20H,10-11H2,1-2H3. The Bertz CT molecular complexity index is 586. The fourth-order valence-corrected chi connectivity index (χ4v) is 2.88. The summed E-state index contributed by atoms with van der Waals surface area (Å²) in [6.07, 6.45) is 0.941. The molecule has 0 heterocycles. The Morgan fingerprint density at radius 1 is 1.19 bits per heavy atom. The highest BCUT2D eigenvalue weighted by Crippen LogP contribution is 2.26. The summed E-state index contributed by atoms with van der Waals surface area (Å²) in [5.41, 5.74) is 3.51. The third-order valence-corrected chi connectivity index (χ3v) is 4.26. The zero-order chi connectivity index (χ0) is 15.2. The van der Waals surface area contributed by atoms with Crippen LogP contribution in [0, 0.1) is 0 Å². The van der Waals surface area contributed by atoms with Crippen molar-refractivity contribution in [3.63, 3.8) is 0 Å². The van der Waals surface area contributed by atoms with E-state index in [2.05, 4.69) is 46.4 Å². The highest BCUT2D eigenvalue weighted by atomic mass is 79.9. The second-order valence-electron chi connectivity index (χ2n) is 5.07. The second kappa shape index (κ2) is 7.83. The van der Waals surface area contributed by atoms with E-state index in [0.29, 0.717) is 12.6 Å². The van der Waals surface area contributed by atoms with Crippen molar-refractivity contribution in [2.75, 3.05) is 12.4 Å². The Labute approximate surface area is 139 Å². The van der Waals surface area contributed by atoms with Gasteiger partial charge in [-0.1, -0.05) is 45.7 Å².